The van der Waals surface area contributed by atoms with Gasteiger partial charge in [0.25, 0.3) is 23.6 Å². The predicted molar refractivity (Wildman–Crippen MR) is 154 cm³/mol. The van der Waals surface area contributed by atoms with Gasteiger partial charge in [0.15, 0.2) is 0 Å². The largest absolute Gasteiger partial charge is 0.457 e. The first-order chi connectivity index (χ1) is 20.0. The number of hydrogen-bond acceptors (Lipinski definition) is 9. The maximum atomic E-state index is 13.3. The molecule has 0 saturated carbocycles. The summed E-state index contributed by atoms with van der Waals surface area (Å²) in [6, 6.07) is 24.1. The Bertz CT molecular complexity index is 1930. The van der Waals surface area contributed by atoms with Crippen LogP contribution < -0.4 is 14.5 Å². The first-order valence-corrected chi connectivity index (χ1v) is 14.0. The lowest BCUT2D eigenvalue weighted by Crippen LogP contribution is -2.29. The molecule has 0 radical (unpaired) electrons. The molecule has 0 bridgehead atoms. The van der Waals surface area contributed by atoms with Crippen LogP contribution in [0.2, 0.25) is 0 Å². The second kappa shape index (κ2) is 8.62. The van der Waals surface area contributed by atoms with Crippen molar-refractivity contribution in [2.45, 2.75) is 0 Å². The molecule has 0 spiro atoms. The summed E-state index contributed by atoms with van der Waals surface area (Å²) in [5.41, 5.74) is 2.31. The van der Waals surface area contributed by atoms with E-state index in [1.54, 1.807) is 12.1 Å². The van der Waals surface area contributed by atoms with Crippen LogP contribution in [-0.4, -0.2) is 33.6 Å². The highest BCUT2D eigenvalue weighted by Crippen LogP contribution is 2.38. The van der Waals surface area contributed by atoms with Gasteiger partial charge >= 0.3 is 0 Å². The number of thiazole rings is 2. The Morgan fingerprint density at radius 1 is 0.512 bits per heavy atom. The number of benzene rings is 4. The normalized spacial score (nSPS) is 14.4. The van der Waals surface area contributed by atoms with E-state index >= 15 is 0 Å². The molecule has 2 aromatic heterocycles. The lowest BCUT2D eigenvalue weighted by Gasteiger charge is -2.09. The second-order valence-corrected chi connectivity index (χ2v) is 11.4. The highest BCUT2D eigenvalue weighted by molar-refractivity contribution is 7.23. The van der Waals surface area contributed by atoms with Crippen molar-refractivity contribution in [2.75, 3.05) is 9.80 Å². The Hall–Kier alpha value is -5.26. The maximum Gasteiger partial charge on any atom is 0.268 e. The summed E-state index contributed by atoms with van der Waals surface area (Å²) >= 11 is 2.53. The van der Waals surface area contributed by atoms with Gasteiger partial charge in [-0.1, -0.05) is 46.9 Å². The van der Waals surface area contributed by atoms with E-state index in [1.807, 2.05) is 48.5 Å². The smallest absolute Gasteiger partial charge is 0.268 e. The minimum Gasteiger partial charge on any atom is -0.457 e. The summed E-state index contributed by atoms with van der Waals surface area (Å²) in [6.07, 6.45) is 0. The van der Waals surface area contributed by atoms with Gasteiger partial charge in [0.1, 0.15) is 11.5 Å². The molecule has 41 heavy (non-hydrogen) atoms. The summed E-state index contributed by atoms with van der Waals surface area (Å²) in [6.45, 7) is 0. The standard InChI is InChI=1S/C30H14N4O5S2/c35-25-17-11-9-15(13-19(17)27(37)33(25)29-31-21-5-1-3-7-23(21)40-29)39-16-10-12-18-20(14-16)28(38)34(26(18)36)30-32-22-6-2-4-8-24(22)41-30/h1-14H. The molecule has 0 atom stereocenters. The van der Waals surface area contributed by atoms with Crippen LogP contribution in [0.4, 0.5) is 10.3 Å². The van der Waals surface area contributed by atoms with Crippen molar-refractivity contribution in [3.05, 3.63) is 107 Å². The zero-order valence-corrected chi connectivity index (χ0v) is 22.4. The van der Waals surface area contributed by atoms with Crippen LogP contribution in [0.3, 0.4) is 0 Å². The van der Waals surface area contributed by atoms with Crippen molar-refractivity contribution in [1.82, 2.24) is 9.97 Å². The fourth-order valence-corrected chi connectivity index (χ4v) is 6.89. The van der Waals surface area contributed by atoms with Crippen molar-refractivity contribution in [1.29, 1.82) is 0 Å². The zero-order valence-electron chi connectivity index (χ0n) is 20.7. The fourth-order valence-electron chi connectivity index (χ4n) is 4.96. The Morgan fingerprint density at radius 2 is 0.927 bits per heavy atom. The van der Waals surface area contributed by atoms with Gasteiger partial charge in [-0.3, -0.25) is 19.2 Å². The first kappa shape index (κ1) is 23.6. The molecule has 8 rings (SSSR count). The number of carbonyl (C=O) groups excluding carboxylic acids is 4. The molecule has 9 nitrogen and oxygen atoms in total. The number of anilines is 2. The average Bonchev–Trinajstić information content (AvgIpc) is 3.71. The Labute approximate surface area is 238 Å². The van der Waals surface area contributed by atoms with Gasteiger partial charge in [-0.25, -0.2) is 19.8 Å². The number of amides is 4. The molecular weight excluding hydrogens is 560 g/mol. The maximum absolute atomic E-state index is 13.3. The highest BCUT2D eigenvalue weighted by Gasteiger charge is 2.40. The molecular formula is C30H14N4O5S2. The van der Waals surface area contributed by atoms with Gasteiger partial charge in [0.2, 0.25) is 10.3 Å². The monoisotopic (exact) mass is 574 g/mol. The third-order valence-electron chi connectivity index (χ3n) is 6.90. The summed E-state index contributed by atoms with van der Waals surface area (Å²) in [7, 11) is 0. The van der Waals surface area contributed by atoms with Gasteiger partial charge in [-0.15, -0.1) is 0 Å². The molecule has 2 aliphatic rings. The molecule has 11 heteroatoms. The van der Waals surface area contributed by atoms with E-state index in [-0.39, 0.29) is 22.3 Å². The Morgan fingerprint density at radius 3 is 1.37 bits per heavy atom. The van der Waals surface area contributed by atoms with E-state index in [9.17, 15) is 19.2 Å². The minimum atomic E-state index is -0.490. The molecule has 6 aromatic rings. The van der Waals surface area contributed by atoms with Crippen LogP contribution >= 0.6 is 22.7 Å². The van der Waals surface area contributed by atoms with Gasteiger partial charge < -0.3 is 4.74 Å². The molecule has 4 aromatic carbocycles. The van der Waals surface area contributed by atoms with E-state index < -0.39 is 23.6 Å². The fraction of sp³-hybridized carbons (Fsp3) is 0. The van der Waals surface area contributed by atoms with Crippen molar-refractivity contribution >= 4 is 77.0 Å². The number of para-hydroxylation sites is 2. The summed E-state index contributed by atoms with van der Waals surface area (Å²) in [5, 5.41) is 0.610. The van der Waals surface area contributed by atoms with E-state index in [4.69, 9.17) is 4.74 Å². The van der Waals surface area contributed by atoms with E-state index in [2.05, 4.69) is 9.97 Å². The van der Waals surface area contributed by atoms with E-state index in [1.165, 1.54) is 46.9 Å². The number of aromatic nitrogens is 2. The van der Waals surface area contributed by atoms with E-state index in [0.717, 1.165) is 19.2 Å². The third-order valence-corrected chi connectivity index (χ3v) is 8.94. The molecule has 2 aliphatic heterocycles. The molecule has 196 valence electrons. The second-order valence-electron chi connectivity index (χ2n) is 9.34. The molecule has 4 amide bonds. The number of ether oxygens (including phenoxy) is 1. The Balaban J connectivity index is 1.08. The molecule has 0 unspecified atom stereocenters. The number of carbonyl (C=O) groups is 4. The van der Waals surface area contributed by atoms with Gasteiger partial charge in [0.05, 0.1) is 42.7 Å². The van der Waals surface area contributed by atoms with Crippen molar-refractivity contribution in [3.8, 4) is 11.5 Å². The van der Waals surface area contributed by atoms with E-state index in [0.29, 0.717) is 32.8 Å². The van der Waals surface area contributed by atoms with Crippen LogP contribution in [0.5, 0.6) is 11.5 Å². The van der Waals surface area contributed by atoms with Gasteiger partial charge in [0, 0.05) is 0 Å². The van der Waals surface area contributed by atoms with Gasteiger partial charge in [-0.05, 0) is 60.7 Å². The SMILES string of the molecule is O=C1c2ccc(Oc3ccc4c(c3)C(=O)N(c3nc5ccccc5s3)C4=O)cc2C(=O)N1c1nc2ccccc2s1. The number of imide groups is 2. The molecule has 0 saturated heterocycles. The number of hydrogen-bond donors (Lipinski definition) is 0. The molecule has 0 aliphatic carbocycles. The van der Waals surface area contributed by atoms with Crippen LogP contribution in [0.25, 0.3) is 20.4 Å². The topological polar surface area (TPSA) is 110 Å². The molecule has 0 fully saturated rings. The van der Waals surface area contributed by atoms with Crippen LogP contribution in [0.1, 0.15) is 41.4 Å². The zero-order chi connectivity index (χ0) is 27.8. The summed E-state index contributed by atoms with van der Waals surface area (Å²) < 4.78 is 7.72. The lowest BCUT2D eigenvalue weighted by atomic mass is 10.1. The summed E-state index contributed by atoms with van der Waals surface area (Å²) in [4.78, 5) is 63.9. The molecule has 4 heterocycles. The quantitative estimate of drug-likeness (QED) is 0.227. The Kier molecular flexibility index (Phi) is 4.96. The first-order valence-electron chi connectivity index (χ1n) is 12.4. The van der Waals surface area contributed by atoms with Crippen molar-refractivity contribution < 1.29 is 23.9 Å². The van der Waals surface area contributed by atoms with Crippen LogP contribution in [-0.2, 0) is 0 Å². The van der Waals surface area contributed by atoms with Gasteiger partial charge in [-0.2, -0.15) is 0 Å². The molecule has 0 N–H and O–H groups in total. The van der Waals surface area contributed by atoms with Crippen molar-refractivity contribution in [3.63, 3.8) is 0 Å². The van der Waals surface area contributed by atoms with Crippen LogP contribution in [0.15, 0.2) is 84.9 Å². The minimum absolute atomic E-state index is 0.196. The number of rotatable bonds is 4. The average molecular weight is 575 g/mol. The number of fused-ring (bicyclic) bond motifs is 4. The summed E-state index contributed by atoms with van der Waals surface area (Å²) in [5.74, 6) is -1.28. The predicted octanol–water partition coefficient (Wildman–Crippen LogP) is 6.30. The highest BCUT2D eigenvalue weighted by atomic mass is 32.1. The number of nitrogens with zero attached hydrogens (tertiary/aromatic N) is 4. The third kappa shape index (κ3) is 3.53. The van der Waals surface area contributed by atoms with Crippen molar-refractivity contribution in [2.24, 2.45) is 0 Å². The lowest BCUT2D eigenvalue weighted by molar-refractivity contribution is 0.0910. The van der Waals surface area contributed by atoms with Crippen LogP contribution in [0, 0.1) is 0 Å².